The zero-order valence-electron chi connectivity index (χ0n) is 12.2. The summed E-state index contributed by atoms with van der Waals surface area (Å²) in [7, 11) is 1.60. The molecule has 22 heavy (non-hydrogen) atoms. The minimum atomic E-state index is -0.446. The molecule has 0 saturated heterocycles. The highest BCUT2D eigenvalue weighted by Gasteiger charge is 2.08. The molecule has 1 heterocycles. The zero-order chi connectivity index (χ0) is 15.8. The molecule has 0 aliphatic carbocycles. The lowest BCUT2D eigenvalue weighted by molar-refractivity contribution is -0.121. The minimum Gasteiger partial charge on any atom is -0.497 e. The topological polar surface area (TPSA) is 80.3 Å². The minimum absolute atomic E-state index is 0.248. The Balaban J connectivity index is 1.74. The lowest BCUT2D eigenvalue weighted by Crippen LogP contribution is -2.42. The molecule has 0 radical (unpaired) electrons. The highest BCUT2D eigenvalue weighted by atomic mass is 16.5. The van der Waals surface area contributed by atoms with Crippen molar-refractivity contribution < 1.29 is 14.3 Å². The van der Waals surface area contributed by atoms with Gasteiger partial charge in [0.15, 0.2) is 0 Å². The molecule has 0 bridgehead atoms. The average Bonchev–Trinajstić information content (AvgIpc) is 2.59. The van der Waals surface area contributed by atoms with Crippen molar-refractivity contribution in [3.63, 3.8) is 0 Å². The molecule has 0 unspecified atom stereocenters. The van der Waals surface area contributed by atoms with E-state index >= 15 is 0 Å². The fraction of sp³-hybridized carbons (Fsp3) is 0.188. The van der Waals surface area contributed by atoms with Gasteiger partial charge < -0.3 is 4.74 Å². The lowest BCUT2D eigenvalue weighted by atomic mass is 10.1. The second-order valence-corrected chi connectivity index (χ2v) is 4.57. The van der Waals surface area contributed by atoms with Crippen molar-refractivity contribution in [1.29, 1.82) is 0 Å². The summed E-state index contributed by atoms with van der Waals surface area (Å²) in [5.74, 6) is 0.0642. The van der Waals surface area contributed by atoms with Gasteiger partial charge in [0.25, 0.3) is 5.91 Å². The second kappa shape index (κ2) is 7.78. The molecule has 2 N–H and O–H groups in total. The number of amides is 2. The number of benzene rings is 1. The molecule has 0 aliphatic rings. The molecule has 2 rings (SSSR count). The van der Waals surface area contributed by atoms with Gasteiger partial charge in [-0.05, 0) is 36.2 Å². The predicted molar refractivity (Wildman–Crippen MR) is 81.2 cm³/mol. The number of rotatable bonds is 5. The van der Waals surface area contributed by atoms with Crippen molar-refractivity contribution in [2.45, 2.75) is 12.8 Å². The number of carbonyl (C=O) groups excluding carboxylic acids is 2. The van der Waals surface area contributed by atoms with Crippen LogP contribution in [0.4, 0.5) is 0 Å². The number of ether oxygens (including phenoxy) is 1. The summed E-state index contributed by atoms with van der Waals surface area (Å²) >= 11 is 0. The molecule has 6 heteroatoms. The van der Waals surface area contributed by atoms with Crippen LogP contribution in [0.3, 0.4) is 0 Å². The third kappa shape index (κ3) is 4.59. The summed E-state index contributed by atoms with van der Waals surface area (Å²) in [6, 6.07) is 12.5. The van der Waals surface area contributed by atoms with E-state index in [0.29, 0.717) is 6.42 Å². The van der Waals surface area contributed by atoms with Gasteiger partial charge in [0.2, 0.25) is 5.91 Å². The Bertz CT molecular complexity index is 627. The summed E-state index contributed by atoms with van der Waals surface area (Å²) < 4.78 is 5.07. The van der Waals surface area contributed by atoms with Crippen LogP contribution in [-0.2, 0) is 11.2 Å². The number of hydrogen-bond donors (Lipinski definition) is 2. The number of hydrogen-bond acceptors (Lipinski definition) is 4. The van der Waals surface area contributed by atoms with Crippen LogP contribution in [0.25, 0.3) is 0 Å². The first-order valence-electron chi connectivity index (χ1n) is 6.82. The maximum absolute atomic E-state index is 11.7. The lowest BCUT2D eigenvalue weighted by Gasteiger charge is -2.07. The van der Waals surface area contributed by atoms with E-state index in [2.05, 4.69) is 15.8 Å². The third-order valence-electron chi connectivity index (χ3n) is 3.01. The summed E-state index contributed by atoms with van der Waals surface area (Å²) in [5.41, 5.74) is 5.97. The van der Waals surface area contributed by atoms with Gasteiger partial charge in [-0.1, -0.05) is 18.2 Å². The zero-order valence-corrected chi connectivity index (χ0v) is 12.2. The van der Waals surface area contributed by atoms with Crippen LogP contribution in [-0.4, -0.2) is 23.9 Å². The van der Waals surface area contributed by atoms with Gasteiger partial charge in [-0.25, -0.2) is 0 Å². The van der Waals surface area contributed by atoms with Gasteiger partial charge in [0.1, 0.15) is 11.4 Å². The summed E-state index contributed by atoms with van der Waals surface area (Å²) in [4.78, 5) is 27.3. The predicted octanol–water partition coefficient (Wildman–Crippen LogP) is 1.48. The van der Waals surface area contributed by atoms with Gasteiger partial charge in [-0.2, -0.15) is 0 Å². The van der Waals surface area contributed by atoms with Crippen LogP contribution in [0, 0.1) is 0 Å². The quantitative estimate of drug-likeness (QED) is 0.820. The molecule has 1 aromatic heterocycles. The van der Waals surface area contributed by atoms with Gasteiger partial charge in [0.05, 0.1) is 7.11 Å². The number of nitrogens with one attached hydrogen (secondary N) is 2. The first-order chi connectivity index (χ1) is 10.7. The molecule has 0 saturated carbocycles. The first kappa shape index (κ1) is 15.5. The number of nitrogens with zero attached hydrogens (tertiary/aromatic N) is 1. The van der Waals surface area contributed by atoms with Crippen LogP contribution in [0.5, 0.6) is 5.75 Å². The average molecular weight is 299 g/mol. The van der Waals surface area contributed by atoms with Crippen LogP contribution < -0.4 is 15.6 Å². The molecule has 0 spiro atoms. The fourth-order valence-corrected chi connectivity index (χ4v) is 1.80. The number of pyridine rings is 1. The normalized spacial score (nSPS) is 9.86. The van der Waals surface area contributed by atoms with Gasteiger partial charge in [-0.3, -0.25) is 25.4 Å². The molecule has 1 aromatic carbocycles. The number of hydrazine groups is 1. The fourth-order valence-electron chi connectivity index (χ4n) is 1.80. The Kier molecular flexibility index (Phi) is 5.48. The van der Waals surface area contributed by atoms with E-state index in [9.17, 15) is 9.59 Å². The molecule has 0 aliphatic heterocycles. The number of carbonyl (C=O) groups is 2. The van der Waals surface area contributed by atoms with Crippen molar-refractivity contribution in [3.05, 3.63) is 59.9 Å². The monoisotopic (exact) mass is 299 g/mol. The number of methoxy groups -OCH3 is 1. The van der Waals surface area contributed by atoms with Gasteiger partial charge in [0, 0.05) is 12.6 Å². The van der Waals surface area contributed by atoms with Crippen molar-refractivity contribution in [1.82, 2.24) is 15.8 Å². The Hall–Kier alpha value is -2.89. The maximum Gasteiger partial charge on any atom is 0.288 e. The van der Waals surface area contributed by atoms with Crippen LogP contribution >= 0.6 is 0 Å². The highest BCUT2D eigenvalue weighted by Crippen LogP contribution is 2.12. The molecule has 2 amide bonds. The van der Waals surface area contributed by atoms with Crippen molar-refractivity contribution >= 4 is 11.8 Å². The Morgan fingerprint density at radius 3 is 2.50 bits per heavy atom. The smallest absolute Gasteiger partial charge is 0.288 e. The summed E-state index contributed by atoms with van der Waals surface area (Å²) in [5, 5.41) is 0. The van der Waals surface area contributed by atoms with E-state index in [1.807, 2.05) is 24.3 Å². The van der Waals surface area contributed by atoms with E-state index in [1.165, 1.54) is 6.20 Å². The van der Waals surface area contributed by atoms with Crippen molar-refractivity contribution in [3.8, 4) is 5.75 Å². The third-order valence-corrected chi connectivity index (χ3v) is 3.01. The highest BCUT2D eigenvalue weighted by molar-refractivity contribution is 5.93. The number of aryl methyl sites for hydroxylation is 1. The molecule has 6 nitrogen and oxygen atoms in total. The Morgan fingerprint density at radius 1 is 1.09 bits per heavy atom. The van der Waals surface area contributed by atoms with Gasteiger partial charge in [-0.15, -0.1) is 0 Å². The summed E-state index contributed by atoms with van der Waals surface area (Å²) in [6.07, 6.45) is 2.37. The van der Waals surface area contributed by atoms with E-state index in [4.69, 9.17) is 4.74 Å². The van der Waals surface area contributed by atoms with Crippen molar-refractivity contribution in [2.24, 2.45) is 0 Å². The van der Waals surface area contributed by atoms with Crippen LogP contribution in [0.1, 0.15) is 22.5 Å². The molecule has 2 aromatic rings. The molecule has 114 valence electrons. The SMILES string of the molecule is COc1ccc(CCC(=O)NNC(=O)c2ccccn2)cc1. The molecular formula is C16H17N3O3. The van der Waals surface area contributed by atoms with Gasteiger partial charge >= 0.3 is 0 Å². The molecule has 0 atom stereocenters. The summed E-state index contributed by atoms with van der Waals surface area (Å²) in [6.45, 7) is 0. The Morgan fingerprint density at radius 2 is 1.86 bits per heavy atom. The Labute approximate surface area is 128 Å². The molecule has 0 fully saturated rings. The van der Waals surface area contributed by atoms with Crippen LogP contribution in [0.2, 0.25) is 0 Å². The maximum atomic E-state index is 11.7. The van der Waals surface area contributed by atoms with Crippen LogP contribution in [0.15, 0.2) is 48.7 Å². The largest absolute Gasteiger partial charge is 0.497 e. The first-order valence-corrected chi connectivity index (χ1v) is 6.82. The molecular weight excluding hydrogens is 282 g/mol. The van der Waals surface area contributed by atoms with E-state index in [1.54, 1.807) is 25.3 Å². The van der Waals surface area contributed by atoms with E-state index < -0.39 is 5.91 Å². The van der Waals surface area contributed by atoms with Crippen molar-refractivity contribution in [2.75, 3.05) is 7.11 Å². The standard InChI is InChI=1S/C16H17N3O3/c1-22-13-8-5-12(6-9-13)7-10-15(20)18-19-16(21)14-4-2-3-11-17-14/h2-6,8-9,11H,7,10H2,1H3,(H,18,20)(H,19,21). The van der Waals surface area contributed by atoms with E-state index in [-0.39, 0.29) is 18.0 Å². The van der Waals surface area contributed by atoms with E-state index in [0.717, 1.165) is 11.3 Å². The second-order valence-electron chi connectivity index (χ2n) is 4.57. The number of aromatic nitrogens is 1.